The molecule has 0 bridgehead atoms. The molecule has 0 aliphatic carbocycles. The van der Waals surface area contributed by atoms with Crippen molar-refractivity contribution in [3.63, 3.8) is 0 Å². The van der Waals surface area contributed by atoms with Gasteiger partial charge in [0.15, 0.2) is 0 Å². The molecule has 1 aliphatic rings. The number of aliphatic hydroxyl groups is 2. The average molecular weight is 232 g/mol. The number of aliphatic hydroxyl groups excluding tert-OH is 2. The van der Waals surface area contributed by atoms with E-state index in [9.17, 15) is 4.79 Å². The van der Waals surface area contributed by atoms with Crippen LogP contribution in [0.4, 0.5) is 0 Å². The molecule has 0 aromatic carbocycles. The maximum Gasteiger partial charge on any atom is 0.306 e. The van der Waals surface area contributed by atoms with E-state index in [0.717, 1.165) is 32.1 Å². The van der Waals surface area contributed by atoms with E-state index in [1.165, 1.54) is 0 Å². The standard InChI is InChI=1S/C6H10O2.C6H14O2/c1-2-5-3-4-6(7)8-5;1-2-6(8)4-3-5-7/h5H,2-4H2,1H3;6-8H,2-5H2,1H3. The first-order valence-corrected chi connectivity index (χ1v) is 6.12. The van der Waals surface area contributed by atoms with Crippen LogP contribution < -0.4 is 0 Å². The Balaban J connectivity index is 0.000000281. The molecule has 4 heteroatoms. The number of esters is 1. The first-order valence-electron chi connectivity index (χ1n) is 6.12. The molecule has 0 saturated carbocycles. The Bertz CT molecular complexity index is 182. The van der Waals surface area contributed by atoms with Gasteiger partial charge in [-0.05, 0) is 32.1 Å². The van der Waals surface area contributed by atoms with Gasteiger partial charge in [-0.3, -0.25) is 4.79 Å². The van der Waals surface area contributed by atoms with Crippen LogP contribution in [-0.4, -0.2) is 35.0 Å². The fourth-order valence-electron chi connectivity index (χ4n) is 1.40. The highest BCUT2D eigenvalue weighted by atomic mass is 16.5. The second-order valence-corrected chi connectivity index (χ2v) is 3.99. The number of hydrogen-bond donors (Lipinski definition) is 2. The zero-order valence-electron chi connectivity index (χ0n) is 10.3. The van der Waals surface area contributed by atoms with Crippen LogP contribution in [0.5, 0.6) is 0 Å². The van der Waals surface area contributed by atoms with Crippen molar-refractivity contribution in [3.05, 3.63) is 0 Å². The molecule has 0 amide bonds. The molecule has 16 heavy (non-hydrogen) atoms. The molecule has 2 N–H and O–H groups in total. The zero-order chi connectivity index (χ0) is 12.4. The molecular weight excluding hydrogens is 208 g/mol. The molecule has 1 saturated heterocycles. The lowest BCUT2D eigenvalue weighted by atomic mass is 10.2. The van der Waals surface area contributed by atoms with Crippen molar-refractivity contribution in [2.75, 3.05) is 6.61 Å². The van der Waals surface area contributed by atoms with Gasteiger partial charge in [0.1, 0.15) is 6.10 Å². The van der Waals surface area contributed by atoms with Gasteiger partial charge in [0.05, 0.1) is 6.10 Å². The number of carbonyl (C=O) groups is 1. The zero-order valence-corrected chi connectivity index (χ0v) is 10.3. The predicted octanol–water partition coefficient (Wildman–Crippen LogP) is 1.63. The topological polar surface area (TPSA) is 66.8 Å². The van der Waals surface area contributed by atoms with Crippen molar-refractivity contribution >= 4 is 5.97 Å². The fraction of sp³-hybridized carbons (Fsp3) is 0.917. The summed E-state index contributed by atoms with van der Waals surface area (Å²) < 4.78 is 4.87. The molecule has 0 radical (unpaired) electrons. The molecule has 1 fully saturated rings. The van der Waals surface area contributed by atoms with Gasteiger partial charge in [0, 0.05) is 13.0 Å². The summed E-state index contributed by atoms with van der Waals surface area (Å²) in [5, 5.41) is 17.2. The van der Waals surface area contributed by atoms with Crippen molar-refractivity contribution in [1.82, 2.24) is 0 Å². The summed E-state index contributed by atoms with van der Waals surface area (Å²) >= 11 is 0. The Labute approximate surface area is 97.6 Å². The highest BCUT2D eigenvalue weighted by molar-refractivity contribution is 5.71. The third-order valence-electron chi connectivity index (χ3n) is 2.59. The van der Waals surface area contributed by atoms with Gasteiger partial charge in [-0.1, -0.05) is 13.8 Å². The van der Waals surface area contributed by atoms with Crippen LogP contribution in [0.15, 0.2) is 0 Å². The molecule has 2 atom stereocenters. The SMILES string of the molecule is CCC(O)CCCO.CCC1CCC(=O)O1. The smallest absolute Gasteiger partial charge is 0.306 e. The van der Waals surface area contributed by atoms with Crippen LogP contribution in [0, 0.1) is 0 Å². The Morgan fingerprint density at radius 3 is 2.50 bits per heavy atom. The second kappa shape index (κ2) is 9.60. The summed E-state index contributed by atoms with van der Waals surface area (Å²) in [5.41, 5.74) is 0. The van der Waals surface area contributed by atoms with E-state index in [0.29, 0.717) is 6.42 Å². The van der Waals surface area contributed by atoms with Crippen LogP contribution in [0.1, 0.15) is 52.4 Å². The third-order valence-corrected chi connectivity index (χ3v) is 2.59. The van der Waals surface area contributed by atoms with E-state index in [1.54, 1.807) is 0 Å². The molecular formula is C12H24O4. The average Bonchev–Trinajstić information content (AvgIpc) is 2.72. The molecule has 4 nitrogen and oxygen atoms in total. The Morgan fingerprint density at radius 2 is 2.19 bits per heavy atom. The van der Waals surface area contributed by atoms with Crippen LogP contribution in [0.2, 0.25) is 0 Å². The van der Waals surface area contributed by atoms with Gasteiger partial charge in [-0.15, -0.1) is 0 Å². The van der Waals surface area contributed by atoms with E-state index in [1.807, 2.05) is 13.8 Å². The summed E-state index contributed by atoms with van der Waals surface area (Å²) in [6.07, 6.45) is 4.77. The van der Waals surface area contributed by atoms with E-state index >= 15 is 0 Å². The maximum absolute atomic E-state index is 10.4. The molecule has 0 spiro atoms. The first kappa shape index (κ1) is 15.4. The monoisotopic (exact) mass is 232 g/mol. The minimum Gasteiger partial charge on any atom is -0.462 e. The number of rotatable bonds is 5. The Morgan fingerprint density at radius 1 is 1.50 bits per heavy atom. The van der Waals surface area contributed by atoms with Crippen LogP contribution in [0.3, 0.4) is 0 Å². The van der Waals surface area contributed by atoms with Crippen molar-refractivity contribution in [2.24, 2.45) is 0 Å². The van der Waals surface area contributed by atoms with Crippen molar-refractivity contribution in [2.45, 2.75) is 64.6 Å². The van der Waals surface area contributed by atoms with Gasteiger partial charge < -0.3 is 14.9 Å². The third kappa shape index (κ3) is 7.65. The predicted molar refractivity (Wildman–Crippen MR) is 62.0 cm³/mol. The maximum atomic E-state index is 10.4. The summed E-state index contributed by atoms with van der Waals surface area (Å²) in [7, 11) is 0. The fourth-order valence-corrected chi connectivity index (χ4v) is 1.40. The minimum absolute atomic E-state index is 0.0307. The normalized spacial score (nSPS) is 21.0. The number of cyclic esters (lactones) is 1. The van der Waals surface area contributed by atoms with Crippen LogP contribution in [0.25, 0.3) is 0 Å². The number of ether oxygens (including phenoxy) is 1. The van der Waals surface area contributed by atoms with E-state index in [4.69, 9.17) is 14.9 Å². The van der Waals surface area contributed by atoms with Crippen molar-refractivity contribution < 1.29 is 19.7 Å². The van der Waals surface area contributed by atoms with Gasteiger partial charge >= 0.3 is 5.97 Å². The Hall–Kier alpha value is -0.610. The molecule has 0 aromatic rings. The van der Waals surface area contributed by atoms with Gasteiger partial charge in [0.25, 0.3) is 0 Å². The lowest BCUT2D eigenvalue weighted by Crippen LogP contribution is -2.04. The van der Waals surface area contributed by atoms with Crippen molar-refractivity contribution in [3.8, 4) is 0 Å². The quantitative estimate of drug-likeness (QED) is 0.707. The molecule has 1 heterocycles. The highest BCUT2D eigenvalue weighted by Gasteiger charge is 2.20. The lowest BCUT2D eigenvalue weighted by Gasteiger charge is -2.03. The summed E-state index contributed by atoms with van der Waals surface area (Å²) in [4.78, 5) is 10.4. The van der Waals surface area contributed by atoms with E-state index in [2.05, 4.69) is 0 Å². The minimum atomic E-state index is -0.206. The first-order chi connectivity index (χ1) is 7.63. The summed E-state index contributed by atoms with van der Waals surface area (Å²) in [6, 6.07) is 0. The Kier molecular flexibility index (Phi) is 9.24. The summed E-state index contributed by atoms with van der Waals surface area (Å²) in [6.45, 7) is 4.16. The molecule has 0 aromatic heterocycles. The largest absolute Gasteiger partial charge is 0.462 e. The van der Waals surface area contributed by atoms with Crippen LogP contribution >= 0.6 is 0 Å². The molecule has 96 valence electrons. The number of carbonyl (C=O) groups excluding carboxylic acids is 1. The van der Waals surface area contributed by atoms with E-state index in [-0.39, 0.29) is 24.8 Å². The highest BCUT2D eigenvalue weighted by Crippen LogP contribution is 2.15. The van der Waals surface area contributed by atoms with Gasteiger partial charge in [-0.2, -0.15) is 0 Å². The number of hydrogen-bond acceptors (Lipinski definition) is 4. The van der Waals surface area contributed by atoms with E-state index < -0.39 is 0 Å². The molecule has 1 aliphatic heterocycles. The molecule has 1 rings (SSSR count). The lowest BCUT2D eigenvalue weighted by molar-refractivity contribution is -0.141. The van der Waals surface area contributed by atoms with Gasteiger partial charge in [-0.25, -0.2) is 0 Å². The van der Waals surface area contributed by atoms with Crippen LogP contribution in [-0.2, 0) is 9.53 Å². The second-order valence-electron chi connectivity index (χ2n) is 3.99. The van der Waals surface area contributed by atoms with Gasteiger partial charge in [0.2, 0.25) is 0 Å². The summed E-state index contributed by atoms with van der Waals surface area (Å²) in [5.74, 6) is -0.0307. The molecule has 2 unspecified atom stereocenters. The van der Waals surface area contributed by atoms with Crippen molar-refractivity contribution in [1.29, 1.82) is 0 Å².